The van der Waals surface area contributed by atoms with E-state index in [4.69, 9.17) is 21.7 Å². The average molecular weight is 513 g/mol. The van der Waals surface area contributed by atoms with Gasteiger partial charge in [0.25, 0.3) is 5.91 Å². The minimum atomic E-state index is -0.801. The van der Waals surface area contributed by atoms with Crippen molar-refractivity contribution in [2.24, 2.45) is 0 Å². The number of anilines is 2. The Labute approximate surface area is 216 Å². The molecule has 1 saturated heterocycles. The van der Waals surface area contributed by atoms with Gasteiger partial charge in [0.1, 0.15) is 17.5 Å². The Bertz CT molecular complexity index is 1070. The molecule has 1 heterocycles. The van der Waals surface area contributed by atoms with E-state index >= 15 is 0 Å². The van der Waals surface area contributed by atoms with E-state index in [1.54, 1.807) is 53.4 Å². The van der Waals surface area contributed by atoms with Gasteiger partial charge in [0.05, 0.1) is 25.3 Å². The van der Waals surface area contributed by atoms with Gasteiger partial charge in [-0.3, -0.25) is 19.3 Å². The summed E-state index contributed by atoms with van der Waals surface area (Å²) in [6, 6.07) is 13.3. The fourth-order valence-corrected chi connectivity index (χ4v) is 4.19. The van der Waals surface area contributed by atoms with E-state index in [1.165, 1.54) is 11.8 Å². The zero-order valence-electron chi connectivity index (χ0n) is 20.8. The summed E-state index contributed by atoms with van der Waals surface area (Å²) in [4.78, 5) is 40.8. The highest BCUT2D eigenvalue weighted by Gasteiger charge is 2.43. The lowest BCUT2D eigenvalue weighted by atomic mass is 10.1. The molecule has 1 fully saturated rings. The third kappa shape index (κ3) is 6.94. The van der Waals surface area contributed by atoms with Gasteiger partial charge in [0.15, 0.2) is 5.11 Å². The normalized spacial score (nSPS) is 15.1. The summed E-state index contributed by atoms with van der Waals surface area (Å²) in [7, 11) is 0. The van der Waals surface area contributed by atoms with Gasteiger partial charge in [-0.25, -0.2) is 0 Å². The van der Waals surface area contributed by atoms with Gasteiger partial charge in [-0.2, -0.15) is 0 Å². The van der Waals surface area contributed by atoms with Gasteiger partial charge in [0.2, 0.25) is 11.8 Å². The summed E-state index contributed by atoms with van der Waals surface area (Å²) < 4.78 is 11.1. The molecule has 1 aliphatic rings. The molecule has 0 bridgehead atoms. The highest BCUT2D eigenvalue weighted by Crippen LogP contribution is 2.29. The van der Waals surface area contributed by atoms with Gasteiger partial charge in [0, 0.05) is 25.7 Å². The Morgan fingerprint density at radius 1 is 1.00 bits per heavy atom. The van der Waals surface area contributed by atoms with Gasteiger partial charge in [-0.05, 0) is 74.1 Å². The van der Waals surface area contributed by atoms with Gasteiger partial charge < -0.3 is 25.0 Å². The number of thiocarbonyl (C=S) groups is 1. The molecule has 2 N–H and O–H groups in total. The molecule has 0 saturated carbocycles. The van der Waals surface area contributed by atoms with Crippen molar-refractivity contribution in [3.8, 4) is 11.5 Å². The maximum absolute atomic E-state index is 13.4. The van der Waals surface area contributed by atoms with Gasteiger partial charge in [-0.15, -0.1) is 0 Å². The monoisotopic (exact) mass is 512 g/mol. The van der Waals surface area contributed by atoms with Gasteiger partial charge >= 0.3 is 0 Å². The summed E-state index contributed by atoms with van der Waals surface area (Å²) >= 11 is 5.63. The van der Waals surface area contributed by atoms with Crippen molar-refractivity contribution < 1.29 is 23.9 Å². The number of amides is 3. The third-order valence-corrected chi connectivity index (χ3v) is 5.86. The highest BCUT2D eigenvalue weighted by molar-refractivity contribution is 7.80. The molecule has 0 radical (unpaired) electrons. The van der Waals surface area contributed by atoms with Gasteiger partial charge in [-0.1, -0.05) is 6.92 Å². The zero-order valence-corrected chi connectivity index (χ0v) is 21.6. The molecule has 1 atom stereocenters. The lowest BCUT2D eigenvalue weighted by Gasteiger charge is -2.24. The zero-order chi connectivity index (χ0) is 26.1. The van der Waals surface area contributed by atoms with Crippen LogP contribution in [-0.2, 0) is 14.4 Å². The molecule has 0 spiro atoms. The number of hydrogen-bond acceptors (Lipinski definition) is 6. The Kier molecular flexibility index (Phi) is 9.63. The minimum Gasteiger partial charge on any atom is -0.494 e. The van der Waals surface area contributed by atoms with E-state index in [-0.39, 0.29) is 35.8 Å². The fraction of sp³-hybridized carbons (Fsp3) is 0.385. The van der Waals surface area contributed by atoms with Crippen LogP contribution in [0.2, 0.25) is 0 Å². The maximum atomic E-state index is 13.4. The minimum absolute atomic E-state index is 0.0966. The Morgan fingerprint density at radius 2 is 1.64 bits per heavy atom. The van der Waals surface area contributed by atoms with Crippen molar-refractivity contribution in [1.29, 1.82) is 0 Å². The first-order chi connectivity index (χ1) is 17.3. The van der Waals surface area contributed by atoms with Crippen LogP contribution in [-0.4, -0.2) is 60.1 Å². The molecule has 10 heteroatoms. The predicted octanol–water partition coefficient (Wildman–Crippen LogP) is 3.34. The SMILES string of the molecule is CCCOc1ccc(NC(=O)CC2C(=O)N(c3ccc(OCC)cc3)C(=S)N2CCNC(C)=O)cc1. The summed E-state index contributed by atoms with van der Waals surface area (Å²) in [6.07, 6.45) is 0.808. The number of hydrogen-bond donors (Lipinski definition) is 2. The standard InChI is InChI=1S/C26H32N4O5S/c1-4-16-35-22-10-6-19(7-11-22)28-24(32)17-23-25(33)30(20-8-12-21(13-9-20)34-5-2)26(36)29(23)15-14-27-18(3)31/h6-13,23H,4-5,14-17H2,1-3H3,(H,27,31)(H,28,32). The number of rotatable bonds is 12. The molecule has 1 unspecified atom stereocenters. The van der Waals surface area contributed by atoms with E-state index in [9.17, 15) is 14.4 Å². The Balaban J connectivity index is 1.74. The maximum Gasteiger partial charge on any atom is 0.256 e. The average Bonchev–Trinajstić information content (AvgIpc) is 3.08. The fourth-order valence-electron chi connectivity index (χ4n) is 3.78. The molecule has 2 aromatic carbocycles. The van der Waals surface area contributed by atoms with Crippen LogP contribution in [0.15, 0.2) is 48.5 Å². The number of carbonyl (C=O) groups excluding carboxylic acids is 3. The number of benzene rings is 2. The van der Waals surface area contributed by atoms with Crippen LogP contribution < -0.4 is 25.0 Å². The Hall–Kier alpha value is -3.66. The van der Waals surface area contributed by atoms with Crippen molar-refractivity contribution >= 4 is 46.4 Å². The lowest BCUT2D eigenvalue weighted by molar-refractivity contribution is -0.124. The van der Waals surface area contributed by atoms with Crippen LogP contribution in [0.1, 0.15) is 33.6 Å². The second kappa shape index (κ2) is 12.9. The summed E-state index contributed by atoms with van der Waals surface area (Å²) in [6.45, 7) is 7.07. The largest absolute Gasteiger partial charge is 0.494 e. The Morgan fingerprint density at radius 3 is 2.25 bits per heavy atom. The van der Waals surface area contributed by atoms with E-state index in [0.29, 0.717) is 36.9 Å². The first-order valence-corrected chi connectivity index (χ1v) is 12.4. The molecule has 2 aromatic rings. The molecule has 36 heavy (non-hydrogen) atoms. The first-order valence-electron chi connectivity index (χ1n) is 12.0. The molecule has 0 aliphatic carbocycles. The van der Waals surface area contributed by atoms with Crippen LogP contribution in [0, 0.1) is 0 Å². The van der Waals surface area contributed by atoms with E-state index in [0.717, 1.165) is 12.2 Å². The van der Waals surface area contributed by atoms with Crippen LogP contribution in [0.4, 0.5) is 11.4 Å². The molecular formula is C26H32N4O5S. The van der Waals surface area contributed by atoms with Crippen molar-refractivity contribution in [1.82, 2.24) is 10.2 Å². The summed E-state index contributed by atoms with van der Waals surface area (Å²) in [5, 5.41) is 5.84. The molecule has 3 rings (SSSR count). The third-order valence-electron chi connectivity index (χ3n) is 5.44. The van der Waals surface area contributed by atoms with E-state index in [2.05, 4.69) is 10.6 Å². The van der Waals surface area contributed by atoms with Crippen LogP contribution >= 0.6 is 12.2 Å². The molecule has 1 aliphatic heterocycles. The highest BCUT2D eigenvalue weighted by atomic mass is 32.1. The number of carbonyl (C=O) groups is 3. The summed E-state index contributed by atoms with van der Waals surface area (Å²) in [5.41, 5.74) is 1.19. The predicted molar refractivity (Wildman–Crippen MR) is 142 cm³/mol. The van der Waals surface area contributed by atoms with Crippen LogP contribution in [0.5, 0.6) is 11.5 Å². The van der Waals surface area contributed by atoms with E-state index in [1.807, 2.05) is 13.8 Å². The van der Waals surface area contributed by atoms with Crippen molar-refractivity contribution in [2.45, 2.75) is 39.7 Å². The van der Waals surface area contributed by atoms with Crippen molar-refractivity contribution in [3.63, 3.8) is 0 Å². The summed E-state index contributed by atoms with van der Waals surface area (Å²) in [5.74, 6) is 0.599. The van der Waals surface area contributed by atoms with E-state index < -0.39 is 6.04 Å². The smallest absolute Gasteiger partial charge is 0.256 e. The molecule has 9 nitrogen and oxygen atoms in total. The molecule has 192 valence electrons. The van der Waals surface area contributed by atoms with Crippen molar-refractivity contribution in [3.05, 3.63) is 48.5 Å². The second-order valence-corrected chi connectivity index (χ2v) is 8.57. The number of ether oxygens (including phenoxy) is 2. The topological polar surface area (TPSA) is 100 Å². The van der Waals surface area contributed by atoms with Crippen LogP contribution in [0.3, 0.4) is 0 Å². The molecule has 3 amide bonds. The number of nitrogens with zero attached hydrogens (tertiary/aromatic N) is 2. The lowest BCUT2D eigenvalue weighted by Crippen LogP contribution is -2.42. The molecular weight excluding hydrogens is 480 g/mol. The second-order valence-electron chi connectivity index (χ2n) is 8.20. The van der Waals surface area contributed by atoms with Crippen molar-refractivity contribution in [2.75, 3.05) is 36.5 Å². The first kappa shape index (κ1) is 26.9. The molecule has 0 aromatic heterocycles. The quantitative estimate of drug-likeness (QED) is 0.421. The number of nitrogens with one attached hydrogen (secondary N) is 2. The van der Waals surface area contributed by atoms with Crippen LogP contribution in [0.25, 0.3) is 0 Å².